The van der Waals surface area contributed by atoms with Crippen molar-refractivity contribution < 1.29 is 14.4 Å². The molecule has 1 aliphatic heterocycles. The standard InChI is InChI=1S/C18H23N5O3.C10H14S.C2H6.C2H2/c1-11(22-18(20)26)21-17(25)15(23-16(24)10-19)9-12-6-7-13-4-2-3-5-14(13)8-12;1-10-7-5-3-2-4-6-8-11-9-10;2*1-2/h2-8,11,15H,9-10,19H2,1H3,(H,21,25)(H,23,24)(H3,20,22,26);3-6,9H,2,7-8H2,1H3;1-2H3;1-2H/b;5-3-,6-4-,10-9-;;/t11-,15+;;;/m0.../s1. The van der Waals surface area contributed by atoms with Gasteiger partial charge in [-0.05, 0) is 48.4 Å². The lowest BCUT2D eigenvalue weighted by Gasteiger charge is -2.21. The Labute approximate surface area is 249 Å². The van der Waals surface area contributed by atoms with Gasteiger partial charge in [-0.1, -0.05) is 86.2 Å². The van der Waals surface area contributed by atoms with Gasteiger partial charge < -0.3 is 27.4 Å². The van der Waals surface area contributed by atoms with Crippen LogP contribution in [0.15, 0.2) is 77.7 Å². The smallest absolute Gasteiger partial charge is 0.313 e. The monoisotopic (exact) mass is 579 g/mol. The van der Waals surface area contributed by atoms with Gasteiger partial charge >= 0.3 is 6.03 Å². The van der Waals surface area contributed by atoms with Gasteiger partial charge in [-0.15, -0.1) is 24.6 Å². The fourth-order valence-electron chi connectivity index (χ4n) is 3.53. The Morgan fingerprint density at radius 1 is 0.951 bits per heavy atom. The first kappa shape index (κ1) is 37.0. The van der Waals surface area contributed by atoms with E-state index >= 15 is 0 Å². The number of nitrogens with one attached hydrogen (secondary N) is 3. The highest BCUT2D eigenvalue weighted by Gasteiger charge is 2.22. The molecule has 0 unspecified atom stereocenters. The molecule has 0 spiro atoms. The molecule has 0 bridgehead atoms. The summed E-state index contributed by atoms with van der Waals surface area (Å²) in [6.45, 7) is 7.53. The van der Waals surface area contributed by atoms with Gasteiger partial charge in [0.05, 0.1) is 12.7 Å². The van der Waals surface area contributed by atoms with Gasteiger partial charge in [-0.3, -0.25) is 9.59 Å². The zero-order valence-corrected chi connectivity index (χ0v) is 25.4. The largest absolute Gasteiger partial charge is 0.352 e. The van der Waals surface area contributed by atoms with Crippen molar-refractivity contribution in [1.82, 2.24) is 16.0 Å². The number of terminal acetylenes is 1. The van der Waals surface area contributed by atoms with Crippen LogP contribution in [0.4, 0.5) is 4.79 Å². The summed E-state index contributed by atoms with van der Waals surface area (Å²) in [5, 5.41) is 11.9. The van der Waals surface area contributed by atoms with E-state index < -0.39 is 30.1 Å². The van der Waals surface area contributed by atoms with Gasteiger partial charge in [0.1, 0.15) is 6.04 Å². The van der Waals surface area contributed by atoms with Crippen LogP contribution in [0.1, 0.15) is 46.1 Å². The van der Waals surface area contributed by atoms with Crippen molar-refractivity contribution in [2.75, 3.05) is 12.3 Å². The molecule has 4 amide bonds. The van der Waals surface area contributed by atoms with Gasteiger partial charge in [0.25, 0.3) is 0 Å². The van der Waals surface area contributed by atoms with Crippen LogP contribution in [0.3, 0.4) is 0 Å². The zero-order chi connectivity index (χ0) is 31.0. The van der Waals surface area contributed by atoms with Gasteiger partial charge in [0.2, 0.25) is 11.8 Å². The third-order valence-electron chi connectivity index (χ3n) is 5.33. The number of nitrogens with two attached hydrogens (primary N) is 2. The van der Waals surface area contributed by atoms with E-state index in [4.69, 9.17) is 11.5 Å². The van der Waals surface area contributed by atoms with E-state index in [0.29, 0.717) is 0 Å². The predicted molar refractivity (Wildman–Crippen MR) is 174 cm³/mol. The molecule has 222 valence electrons. The molecule has 41 heavy (non-hydrogen) atoms. The summed E-state index contributed by atoms with van der Waals surface area (Å²) in [7, 11) is 0. The third kappa shape index (κ3) is 16.6. The molecule has 0 aromatic heterocycles. The molecule has 8 nitrogen and oxygen atoms in total. The Hall–Kier alpha value is -4.00. The number of allylic oxidation sites excluding steroid dienone is 4. The Morgan fingerprint density at radius 3 is 2.27 bits per heavy atom. The molecule has 0 aliphatic carbocycles. The van der Waals surface area contributed by atoms with Crippen LogP contribution in [0.5, 0.6) is 0 Å². The van der Waals surface area contributed by atoms with E-state index in [1.54, 1.807) is 6.92 Å². The van der Waals surface area contributed by atoms with Crippen LogP contribution < -0.4 is 27.4 Å². The summed E-state index contributed by atoms with van der Waals surface area (Å²) in [5.41, 5.74) is 12.7. The molecule has 3 rings (SSSR count). The number of carbonyl (C=O) groups is 3. The first-order valence-electron chi connectivity index (χ1n) is 13.5. The number of urea groups is 1. The number of hydrogen-bond acceptors (Lipinski definition) is 5. The number of fused-ring (bicyclic) bond motifs is 1. The molecule has 0 saturated carbocycles. The molecular formula is C32H45N5O3S. The summed E-state index contributed by atoms with van der Waals surface area (Å²) >= 11 is 1.88. The molecule has 9 heteroatoms. The van der Waals surface area contributed by atoms with E-state index in [-0.39, 0.29) is 13.0 Å². The number of benzene rings is 2. The van der Waals surface area contributed by atoms with E-state index in [2.05, 4.69) is 65.4 Å². The van der Waals surface area contributed by atoms with E-state index in [0.717, 1.165) is 34.9 Å². The Bertz CT molecular complexity index is 1190. The van der Waals surface area contributed by atoms with Crippen LogP contribution in [0, 0.1) is 12.8 Å². The Morgan fingerprint density at radius 2 is 1.61 bits per heavy atom. The maximum absolute atomic E-state index is 12.5. The van der Waals surface area contributed by atoms with Crippen LogP contribution in [0.25, 0.3) is 10.8 Å². The Kier molecular flexibility index (Phi) is 20.6. The minimum absolute atomic E-state index is 0.226. The predicted octanol–water partition coefficient (Wildman–Crippen LogP) is 4.76. The highest BCUT2D eigenvalue weighted by molar-refractivity contribution is 8.02. The van der Waals surface area contributed by atoms with Crippen LogP contribution >= 0.6 is 11.8 Å². The second kappa shape index (κ2) is 22.8. The van der Waals surface area contributed by atoms with E-state index in [1.165, 1.54) is 5.57 Å². The van der Waals surface area contributed by atoms with Crippen molar-refractivity contribution in [3.63, 3.8) is 0 Å². The van der Waals surface area contributed by atoms with Crippen molar-refractivity contribution in [3.8, 4) is 12.8 Å². The SMILES string of the molecule is C#C.C/C1=C/SC/C=C\C/C=C\C1.CC.C[C@H](NC(N)=O)NC(=O)[C@@H](Cc1ccc2ccccc2c1)NC(=O)CN. The second-order valence-electron chi connectivity index (χ2n) is 8.63. The zero-order valence-electron chi connectivity index (χ0n) is 24.6. The number of thioether (sulfide) groups is 1. The van der Waals surface area contributed by atoms with Crippen molar-refractivity contribution >= 4 is 40.4 Å². The van der Waals surface area contributed by atoms with Crippen molar-refractivity contribution in [1.29, 1.82) is 0 Å². The average Bonchev–Trinajstić information content (AvgIpc) is 2.98. The molecule has 1 aliphatic rings. The average molecular weight is 580 g/mol. The van der Waals surface area contributed by atoms with Crippen molar-refractivity contribution in [3.05, 3.63) is 83.3 Å². The summed E-state index contributed by atoms with van der Waals surface area (Å²) in [5.74, 6) is 0.230. The quantitative estimate of drug-likeness (QED) is 0.183. The van der Waals surface area contributed by atoms with E-state index in [9.17, 15) is 14.4 Å². The number of hydrogen-bond donors (Lipinski definition) is 5. The summed E-state index contributed by atoms with van der Waals surface area (Å²) in [6.07, 6.45) is 18.7. The molecule has 2 atom stereocenters. The normalized spacial score (nSPS) is 16.4. The maximum Gasteiger partial charge on any atom is 0.313 e. The maximum atomic E-state index is 12.5. The molecule has 0 radical (unpaired) electrons. The summed E-state index contributed by atoms with van der Waals surface area (Å²) in [6, 6.07) is 12.1. The first-order chi connectivity index (χ1) is 19.8. The van der Waals surface area contributed by atoms with Gasteiger partial charge in [0, 0.05) is 12.2 Å². The number of rotatable bonds is 7. The number of amides is 4. The number of carbonyl (C=O) groups excluding carboxylic acids is 3. The Balaban J connectivity index is 0.000000887. The summed E-state index contributed by atoms with van der Waals surface area (Å²) < 4.78 is 0. The lowest BCUT2D eigenvalue weighted by atomic mass is 10.0. The molecule has 2 aromatic rings. The fourth-order valence-corrected chi connectivity index (χ4v) is 4.25. The molecule has 1 heterocycles. The van der Waals surface area contributed by atoms with Gasteiger partial charge in [0.15, 0.2) is 0 Å². The minimum atomic E-state index is -0.829. The molecular weight excluding hydrogens is 534 g/mol. The second-order valence-corrected chi connectivity index (χ2v) is 9.53. The molecule has 0 fully saturated rings. The number of primary amides is 1. The van der Waals surface area contributed by atoms with Crippen LogP contribution in [-0.4, -0.2) is 42.4 Å². The lowest BCUT2D eigenvalue weighted by molar-refractivity contribution is -0.128. The molecule has 2 aromatic carbocycles. The van der Waals surface area contributed by atoms with Gasteiger partial charge in [-0.2, -0.15) is 0 Å². The molecule has 7 N–H and O–H groups in total. The highest BCUT2D eigenvalue weighted by Crippen LogP contribution is 2.17. The van der Waals surface area contributed by atoms with Crippen molar-refractivity contribution in [2.24, 2.45) is 11.5 Å². The first-order valence-corrected chi connectivity index (χ1v) is 14.6. The van der Waals surface area contributed by atoms with E-state index in [1.807, 2.05) is 68.1 Å². The van der Waals surface area contributed by atoms with Gasteiger partial charge in [-0.25, -0.2) is 4.79 Å². The minimum Gasteiger partial charge on any atom is -0.352 e. The lowest BCUT2D eigenvalue weighted by Crippen LogP contribution is -2.55. The van der Waals surface area contributed by atoms with Crippen molar-refractivity contribution in [2.45, 2.75) is 59.2 Å². The third-order valence-corrected chi connectivity index (χ3v) is 6.28. The summed E-state index contributed by atoms with van der Waals surface area (Å²) in [4.78, 5) is 35.1. The highest BCUT2D eigenvalue weighted by atomic mass is 32.2. The van der Waals surface area contributed by atoms with Crippen LogP contribution in [0.2, 0.25) is 0 Å². The molecule has 0 saturated heterocycles. The fraction of sp³-hybridized carbons (Fsp3) is 0.344. The van der Waals surface area contributed by atoms with Crippen LogP contribution in [-0.2, 0) is 16.0 Å². The topological polar surface area (TPSA) is 139 Å².